The Morgan fingerprint density at radius 3 is 2.53 bits per heavy atom. The number of aliphatic carboxylic acids is 1. The number of halogens is 3. The zero-order valence-corrected chi connectivity index (χ0v) is 19.8. The lowest BCUT2D eigenvalue weighted by Crippen LogP contribution is -2.29. The summed E-state index contributed by atoms with van der Waals surface area (Å²) in [5.41, 5.74) is 2.66. The first-order valence-corrected chi connectivity index (χ1v) is 12.5. The summed E-state index contributed by atoms with van der Waals surface area (Å²) in [6, 6.07) is 14.9. The van der Waals surface area contributed by atoms with Crippen LogP contribution in [0.25, 0.3) is 10.9 Å². The number of anilines is 3. The van der Waals surface area contributed by atoms with Crippen molar-refractivity contribution in [2.24, 2.45) is 0 Å². The molecule has 0 saturated carbocycles. The molecule has 4 aromatic rings. The number of benzene rings is 2. The lowest BCUT2D eigenvalue weighted by atomic mass is 10.1. The van der Waals surface area contributed by atoms with Gasteiger partial charge in [0.1, 0.15) is 12.4 Å². The van der Waals surface area contributed by atoms with Crippen molar-refractivity contribution in [3.05, 3.63) is 66.3 Å². The van der Waals surface area contributed by atoms with Gasteiger partial charge in [-0.2, -0.15) is 13.2 Å². The number of fused-ring (bicyclic) bond motifs is 2. The highest BCUT2D eigenvalue weighted by atomic mass is 32.2. The standard InChI is InChI=1S/C20H16N4O3S2.C2HF3O2/c25-29(26,23-20-22-9-12-28-20)15-6-7-16-18(13-15)27-11-10-24(16)17-5-1-3-14-4-2-8-21-19(14)17;3-2(4,5)1(6)7/h1-9,12-13H,10-11H2,(H,22,23);(H,6,7). The molecule has 9 nitrogen and oxygen atoms in total. The second-order valence-corrected chi connectivity index (χ2v) is 9.80. The van der Waals surface area contributed by atoms with Gasteiger partial charge in [0, 0.05) is 29.2 Å². The van der Waals surface area contributed by atoms with Gasteiger partial charge in [0.15, 0.2) is 5.13 Å². The number of nitrogens with one attached hydrogen (secondary N) is 1. The number of rotatable bonds is 4. The molecule has 0 spiro atoms. The second kappa shape index (κ2) is 9.99. The van der Waals surface area contributed by atoms with Gasteiger partial charge in [0.2, 0.25) is 0 Å². The monoisotopic (exact) mass is 538 g/mol. The minimum atomic E-state index is -5.08. The average Bonchev–Trinajstić information content (AvgIpc) is 3.35. The number of pyridine rings is 1. The average molecular weight is 539 g/mol. The number of ether oxygens (including phenoxy) is 1. The summed E-state index contributed by atoms with van der Waals surface area (Å²) in [6.45, 7) is 1.09. The minimum Gasteiger partial charge on any atom is -0.489 e. The molecular formula is C22H17F3N4O5S2. The van der Waals surface area contributed by atoms with Crippen LogP contribution in [0.1, 0.15) is 0 Å². The normalized spacial score (nSPS) is 13.2. The molecule has 2 aromatic carbocycles. The number of sulfonamides is 1. The topological polar surface area (TPSA) is 122 Å². The first-order chi connectivity index (χ1) is 17.1. The zero-order valence-electron chi connectivity index (χ0n) is 18.1. The third kappa shape index (κ3) is 5.49. The Morgan fingerprint density at radius 2 is 1.83 bits per heavy atom. The smallest absolute Gasteiger partial charge is 0.489 e. The summed E-state index contributed by atoms with van der Waals surface area (Å²) in [7, 11) is -3.75. The van der Waals surface area contributed by atoms with E-state index in [4.69, 9.17) is 14.6 Å². The Hall–Kier alpha value is -3.91. The van der Waals surface area contributed by atoms with Crippen LogP contribution in [-0.2, 0) is 14.8 Å². The van der Waals surface area contributed by atoms with Crippen molar-refractivity contribution in [3.8, 4) is 5.75 Å². The van der Waals surface area contributed by atoms with E-state index in [0.717, 1.165) is 22.3 Å². The van der Waals surface area contributed by atoms with Gasteiger partial charge in [-0.15, -0.1) is 11.3 Å². The predicted octanol–water partition coefficient (Wildman–Crippen LogP) is 4.66. The van der Waals surface area contributed by atoms with Crippen LogP contribution >= 0.6 is 11.3 Å². The number of hydrogen-bond acceptors (Lipinski definition) is 8. The van der Waals surface area contributed by atoms with Gasteiger partial charge >= 0.3 is 12.1 Å². The number of alkyl halides is 3. The molecule has 0 fully saturated rings. The number of thiazole rings is 1. The van der Waals surface area contributed by atoms with Crippen molar-refractivity contribution in [2.45, 2.75) is 11.1 Å². The Kier molecular flexibility index (Phi) is 6.99. The van der Waals surface area contributed by atoms with Gasteiger partial charge in [0.25, 0.3) is 10.0 Å². The van der Waals surface area contributed by atoms with Crippen molar-refractivity contribution in [2.75, 3.05) is 22.8 Å². The van der Waals surface area contributed by atoms with E-state index in [1.165, 1.54) is 11.3 Å². The second-order valence-electron chi connectivity index (χ2n) is 7.23. The summed E-state index contributed by atoms with van der Waals surface area (Å²) in [6.07, 6.45) is -1.76. The van der Waals surface area contributed by atoms with E-state index in [-0.39, 0.29) is 4.90 Å². The molecule has 5 rings (SSSR count). The summed E-state index contributed by atoms with van der Waals surface area (Å²) in [5.74, 6) is -2.24. The number of carbonyl (C=O) groups is 1. The van der Waals surface area contributed by atoms with Crippen LogP contribution in [0, 0.1) is 0 Å². The van der Waals surface area contributed by atoms with Crippen molar-refractivity contribution in [1.29, 1.82) is 0 Å². The number of para-hydroxylation sites is 1. The summed E-state index contributed by atoms with van der Waals surface area (Å²) in [4.78, 5) is 19.6. The molecule has 14 heteroatoms. The largest absolute Gasteiger partial charge is 0.490 e. The highest BCUT2D eigenvalue weighted by molar-refractivity contribution is 7.93. The van der Waals surface area contributed by atoms with Gasteiger partial charge < -0.3 is 14.7 Å². The number of nitrogens with zero attached hydrogens (tertiary/aromatic N) is 3. The van der Waals surface area contributed by atoms with Gasteiger partial charge in [0.05, 0.1) is 28.3 Å². The summed E-state index contributed by atoms with van der Waals surface area (Å²) in [5, 5.41) is 10.2. The SMILES string of the molecule is O=C(O)C(F)(F)F.O=S(=O)(Nc1nccs1)c1ccc2c(c1)OCCN2c1cccc2cccnc12. The zero-order chi connectivity index (χ0) is 25.9. The fourth-order valence-corrected chi connectivity index (χ4v) is 5.18. The van der Waals surface area contributed by atoms with Crippen molar-refractivity contribution in [1.82, 2.24) is 9.97 Å². The Labute approximate surface area is 206 Å². The van der Waals surface area contributed by atoms with E-state index in [9.17, 15) is 21.6 Å². The first kappa shape index (κ1) is 25.2. The van der Waals surface area contributed by atoms with Crippen LogP contribution < -0.4 is 14.4 Å². The van der Waals surface area contributed by atoms with Gasteiger partial charge in [-0.25, -0.2) is 18.2 Å². The van der Waals surface area contributed by atoms with Crippen molar-refractivity contribution < 1.29 is 36.2 Å². The third-order valence-electron chi connectivity index (χ3n) is 4.90. The van der Waals surface area contributed by atoms with Crippen molar-refractivity contribution >= 4 is 54.7 Å². The molecule has 2 aromatic heterocycles. The third-order valence-corrected chi connectivity index (χ3v) is 7.06. The van der Waals surface area contributed by atoms with Crippen molar-refractivity contribution in [3.63, 3.8) is 0 Å². The van der Waals surface area contributed by atoms with E-state index in [1.807, 2.05) is 30.3 Å². The molecule has 0 atom stereocenters. The molecule has 1 aliphatic rings. The van der Waals surface area contributed by atoms with E-state index in [1.54, 1.807) is 36.0 Å². The highest BCUT2D eigenvalue weighted by Crippen LogP contribution is 2.40. The highest BCUT2D eigenvalue weighted by Gasteiger charge is 2.38. The Balaban J connectivity index is 0.000000384. The molecule has 0 amide bonds. The maximum atomic E-state index is 12.7. The van der Waals surface area contributed by atoms with Crippen LogP contribution in [0.3, 0.4) is 0 Å². The maximum Gasteiger partial charge on any atom is 0.490 e. The van der Waals surface area contributed by atoms with E-state index in [0.29, 0.717) is 24.0 Å². The first-order valence-electron chi connectivity index (χ1n) is 10.2. The molecule has 0 radical (unpaired) electrons. The molecule has 2 N–H and O–H groups in total. The fourth-order valence-electron chi connectivity index (χ4n) is 3.37. The molecular weight excluding hydrogens is 521 g/mol. The van der Waals surface area contributed by atoms with E-state index in [2.05, 4.69) is 19.6 Å². The van der Waals surface area contributed by atoms with Crippen LogP contribution in [-0.4, -0.2) is 48.8 Å². The molecule has 36 heavy (non-hydrogen) atoms. The quantitative estimate of drug-likeness (QED) is 0.385. The number of carboxylic acid groups (broad SMARTS) is 1. The molecule has 0 saturated heterocycles. The Bertz CT molecular complexity index is 1490. The minimum absolute atomic E-state index is 0.129. The number of aromatic nitrogens is 2. The van der Waals surface area contributed by atoms with Gasteiger partial charge in [-0.3, -0.25) is 9.71 Å². The molecule has 0 bridgehead atoms. The number of carboxylic acids is 1. The van der Waals surface area contributed by atoms with Crippen LogP contribution in [0.5, 0.6) is 5.75 Å². The van der Waals surface area contributed by atoms with E-state index >= 15 is 0 Å². The molecule has 188 valence electrons. The summed E-state index contributed by atoms with van der Waals surface area (Å²) < 4.78 is 65.4. The fraction of sp³-hybridized carbons (Fsp3) is 0.136. The lowest BCUT2D eigenvalue weighted by molar-refractivity contribution is -0.192. The Morgan fingerprint density at radius 1 is 1.08 bits per heavy atom. The maximum absolute atomic E-state index is 12.7. The van der Waals surface area contributed by atoms with Crippen LogP contribution in [0.4, 0.5) is 29.7 Å². The van der Waals surface area contributed by atoms with E-state index < -0.39 is 22.2 Å². The van der Waals surface area contributed by atoms with Gasteiger partial charge in [-0.05, 0) is 24.3 Å². The molecule has 3 heterocycles. The predicted molar refractivity (Wildman–Crippen MR) is 127 cm³/mol. The van der Waals surface area contributed by atoms with Crippen LogP contribution in [0.2, 0.25) is 0 Å². The molecule has 0 unspecified atom stereocenters. The lowest BCUT2D eigenvalue weighted by Gasteiger charge is -2.32. The van der Waals surface area contributed by atoms with Crippen LogP contribution in [0.15, 0.2) is 71.2 Å². The number of hydrogen-bond donors (Lipinski definition) is 2. The molecule has 0 aliphatic carbocycles. The summed E-state index contributed by atoms with van der Waals surface area (Å²) >= 11 is 1.22. The molecule has 1 aliphatic heterocycles. The van der Waals surface area contributed by atoms with Gasteiger partial charge in [-0.1, -0.05) is 18.2 Å².